The molecule has 24 heavy (non-hydrogen) atoms. The number of hydrogen-bond donors (Lipinski definition) is 0. The predicted molar refractivity (Wildman–Crippen MR) is 90.3 cm³/mol. The fourth-order valence-electron chi connectivity index (χ4n) is 3.32. The third kappa shape index (κ3) is 5.17. The normalized spacial score (nSPS) is 25.9. The first kappa shape index (κ1) is 19.2. The molecule has 0 spiro atoms. The molecule has 2 rings (SSSR count). The Balaban J connectivity index is 1.81. The molecule has 8 heteroatoms. The largest absolute Gasteiger partial charge is 0.452 e. The average Bonchev–Trinajstić information content (AvgIpc) is 2.56. The van der Waals surface area contributed by atoms with Crippen LogP contribution in [0.15, 0.2) is 0 Å². The minimum Gasteiger partial charge on any atom is -0.452 e. The van der Waals surface area contributed by atoms with E-state index < -0.39 is 21.9 Å². The summed E-state index contributed by atoms with van der Waals surface area (Å²) in [5.74, 6) is -0.460. The van der Waals surface area contributed by atoms with E-state index in [0.717, 1.165) is 32.2 Å². The first-order chi connectivity index (χ1) is 11.3. The summed E-state index contributed by atoms with van der Waals surface area (Å²) in [6, 6.07) is 0.236. The number of carbonyl (C=O) groups excluding carboxylic acids is 2. The molecule has 0 aliphatic carbocycles. The van der Waals surface area contributed by atoms with E-state index >= 15 is 0 Å². The fourth-order valence-corrected chi connectivity index (χ4v) is 4.60. The van der Waals surface area contributed by atoms with Gasteiger partial charge in [-0.15, -0.1) is 0 Å². The van der Waals surface area contributed by atoms with Crippen molar-refractivity contribution in [3.05, 3.63) is 0 Å². The maximum absolute atomic E-state index is 12.5. The summed E-state index contributed by atoms with van der Waals surface area (Å²) in [6.07, 6.45) is 3.25. The molecule has 2 unspecified atom stereocenters. The molecule has 138 valence electrons. The second-order valence-corrected chi connectivity index (χ2v) is 8.95. The molecule has 0 aromatic heterocycles. The number of amides is 1. The highest BCUT2D eigenvalue weighted by Gasteiger charge is 2.31. The van der Waals surface area contributed by atoms with Crippen LogP contribution in [-0.2, 0) is 24.2 Å². The minimum atomic E-state index is -2.97. The number of ether oxygens (including phenoxy) is 1. The van der Waals surface area contributed by atoms with Crippen molar-refractivity contribution < 1.29 is 22.7 Å². The van der Waals surface area contributed by atoms with Crippen LogP contribution in [0.3, 0.4) is 0 Å². The molecule has 2 fully saturated rings. The zero-order chi connectivity index (χ0) is 17.7. The highest BCUT2D eigenvalue weighted by Crippen LogP contribution is 2.20. The van der Waals surface area contributed by atoms with E-state index in [2.05, 4.69) is 6.92 Å². The molecule has 0 N–H and O–H groups in total. The van der Waals surface area contributed by atoms with Crippen LogP contribution in [0.2, 0.25) is 0 Å². The van der Waals surface area contributed by atoms with Crippen molar-refractivity contribution in [2.24, 2.45) is 0 Å². The summed E-state index contributed by atoms with van der Waals surface area (Å²) in [4.78, 5) is 28.2. The van der Waals surface area contributed by atoms with Gasteiger partial charge in [0.05, 0.1) is 18.1 Å². The molecular weight excluding hydrogens is 332 g/mol. The zero-order valence-electron chi connectivity index (χ0n) is 14.6. The average molecular weight is 360 g/mol. The van der Waals surface area contributed by atoms with E-state index in [1.807, 2.05) is 4.90 Å². The van der Waals surface area contributed by atoms with Crippen molar-refractivity contribution in [1.29, 1.82) is 0 Å². The van der Waals surface area contributed by atoms with Crippen LogP contribution in [0.5, 0.6) is 0 Å². The standard InChI is InChI=1S/C16H28N2O5S/c1-3-14-6-4-5-7-18(14)16(20)13(2)23-15(19)12-17-8-10-24(21,22)11-9-17/h13-14H,3-12H2,1-2H3. The Morgan fingerprint density at radius 1 is 1.17 bits per heavy atom. The maximum atomic E-state index is 12.5. The van der Waals surface area contributed by atoms with Gasteiger partial charge >= 0.3 is 5.97 Å². The lowest BCUT2D eigenvalue weighted by molar-refractivity contribution is -0.161. The molecule has 2 aliphatic heterocycles. The highest BCUT2D eigenvalue weighted by atomic mass is 32.2. The van der Waals surface area contributed by atoms with E-state index in [4.69, 9.17) is 4.74 Å². The number of sulfone groups is 1. The topological polar surface area (TPSA) is 84.0 Å². The van der Waals surface area contributed by atoms with Crippen molar-refractivity contribution in [3.8, 4) is 0 Å². The van der Waals surface area contributed by atoms with Gasteiger partial charge in [0.2, 0.25) is 0 Å². The van der Waals surface area contributed by atoms with Crippen LogP contribution >= 0.6 is 0 Å². The summed E-state index contributed by atoms with van der Waals surface area (Å²) in [5, 5.41) is 0. The van der Waals surface area contributed by atoms with Gasteiger partial charge in [0.15, 0.2) is 15.9 Å². The lowest BCUT2D eigenvalue weighted by Crippen LogP contribution is -2.49. The summed E-state index contributed by atoms with van der Waals surface area (Å²) >= 11 is 0. The molecule has 0 aromatic rings. The van der Waals surface area contributed by atoms with Gasteiger partial charge in [0, 0.05) is 25.7 Å². The lowest BCUT2D eigenvalue weighted by atomic mass is 9.99. The number of rotatable bonds is 5. The number of likely N-dealkylation sites (tertiary alicyclic amines) is 1. The van der Waals surface area contributed by atoms with Crippen molar-refractivity contribution in [2.75, 3.05) is 37.7 Å². The number of esters is 1. The van der Waals surface area contributed by atoms with Gasteiger partial charge in [-0.1, -0.05) is 6.92 Å². The Kier molecular flexibility index (Phi) is 6.62. The van der Waals surface area contributed by atoms with Crippen molar-refractivity contribution in [3.63, 3.8) is 0 Å². The summed E-state index contributed by atoms with van der Waals surface area (Å²) in [7, 11) is -2.97. The van der Waals surface area contributed by atoms with Gasteiger partial charge < -0.3 is 9.64 Å². The number of nitrogens with zero attached hydrogens (tertiary/aromatic N) is 2. The summed E-state index contributed by atoms with van der Waals surface area (Å²) in [5.41, 5.74) is 0. The molecule has 7 nitrogen and oxygen atoms in total. The van der Waals surface area contributed by atoms with Gasteiger partial charge in [-0.2, -0.15) is 0 Å². The van der Waals surface area contributed by atoms with E-state index in [0.29, 0.717) is 13.1 Å². The monoisotopic (exact) mass is 360 g/mol. The number of hydrogen-bond acceptors (Lipinski definition) is 6. The third-order valence-electron chi connectivity index (χ3n) is 4.83. The Morgan fingerprint density at radius 3 is 2.46 bits per heavy atom. The second kappa shape index (κ2) is 8.29. The number of carbonyl (C=O) groups is 2. The maximum Gasteiger partial charge on any atom is 0.320 e. The molecule has 2 aliphatic rings. The molecule has 2 heterocycles. The SMILES string of the molecule is CCC1CCCCN1C(=O)C(C)OC(=O)CN1CCS(=O)(=O)CC1. The Labute approximate surface area is 144 Å². The third-order valence-corrected chi connectivity index (χ3v) is 6.44. The molecule has 1 amide bonds. The first-order valence-electron chi connectivity index (χ1n) is 8.75. The summed E-state index contributed by atoms with van der Waals surface area (Å²) in [6.45, 7) is 5.11. The van der Waals surface area contributed by atoms with E-state index in [1.54, 1.807) is 11.8 Å². The van der Waals surface area contributed by atoms with Crippen LogP contribution in [0.25, 0.3) is 0 Å². The van der Waals surface area contributed by atoms with Gasteiger partial charge in [0.25, 0.3) is 5.91 Å². The molecule has 0 aromatic carbocycles. The van der Waals surface area contributed by atoms with E-state index in [9.17, 15) is 18.0 Å². The molecule has 2 atom stereocenters. The molecule has 0 bridgehead atoms. The van der Waals surface area contributed by atoms with Gasteiger partial charge in [0.1, 0.15) is 0 Å². The number of piperidine rings is 1. The lowest BCUT2D eigenvalue weighted by Gasteiger charge is -2.36. The summed E-state index contributed by atoms with van der Waals surface area (Å²) < 4.78 is 28.1. The van der Waals surface area contributed by atoms with E-state index in [-0.39, 0.29) is 30.0 Å². The van der Waals surface area contributed by atoms with Crippen molar-refractivity contribution >= 4 is 21.7 Å². The minimum absolute atomic E-state index is 0.0321. The van der Waals surface area contributed by atoms with Crippen molar-refractivity contribution in [2.45, 2.75) is 51.7 Å². The Bertz CT molecular complexity index is 549. The van der Waals surface area contributed by atoms with Crippen LogP contribution in [0, 0.1) is 0 Å². The molecule has 0 saturated carbocycles. The van der Waals surface area contributed by atoms with Crippen LogP contribution in [0.1, 0.15) is 39.5 Å². The first-order valence-corrected chi connectivity index (χ1v) is 10.6. The molecular formula is C16H28N2O5S. The van der Waals surface area contributed by atoms with Gasteiger partial charge in [-0.3, -0.25) is 14.5 Å². The van der Waals surface area contributed by atoms with Crippen molar-refractivity contribution in [1.82, 2.24) is 9.80 Å². The fraction of sp³-hybridized carbons (Fsp3) is 0.875. The Morgan fingerprint density at radius 2 is 1.83 bits per heavy atom. The van der Waals surface area contributed by atoms with Gasteiger partial charge in [-0.25, -0.2) is 8.42 Å². The molecule has 0 radical (unpaired) electrons. The van der Waals surface area contributed by atoms with Crippen LogP contribution in [0.4, 0.5) is 0 Å². The van der Waals surface area contributed by atoms with Crippen LogP contribution < -0.4 is 0 Å². The smallest absolute Gasteiger partial charge is 0.320 e. The van der Waals surface area contributed by atoms with Crippen LogP contribution in [-0.4, -0.2) is 79.9 Å². The quantitative estimate of drug-likeness (QED) is 0.662. The zero-order valence-corrected chi connectivity index (χ0v) is 15.4. The van der Waals surface area contributed by atoms with Gasteiger partial charge in [-0.05, 0) is 32.6 Å². The molecule has 2 saturated heterocycles. The second-order valence-electron chi connectivity index (χ2n) is 6.65. The van der Waals surface area contributed by atoms with E-state index in [1.165, 1.54) is 0 Å². The predicted octanol–water partition coefficient (Wildman–Crippen LogP) is 0.440. The highest BCUT2D eigenvalue weighted by molar-refractivity contribution is 7.91. The Hall–Kier alpha value is -1.15.